The number of benzene rings is 1. The van der Waals surface area contributed by atoms with Gasteiger partial charge >= 0.3 is 0 Å². The zero-order valence-corrected chi connectivity index (χ0v) is 12.3. The highest BCUT2D eigenvalue weighted by Crippen LogP contribution is 2.14. The number of rotatable bonds is 8. The first-order valence-electron chi connectivity index (χ1n) is 6.17. The Labute approximate surface area is 119 Å². The quantitative estimate of drug-likeness (QED) is 0.721. The molecule has 0 unspecified atom stereocenters. The minimum atomic E-state index is -3.49. The van der Waals surface area contributed by atoms with E-state index in [1.54, 1.807) is 24.3 Å². The van der Waals surface area contributed by atoms with E-state index < -0.39 is 10.0 Å². The van der Waals surface area contributed by atoms with E-state index in [9.17, 15) is 8.42 Å². The number of nitriles is 1. The lowest BCUT2D eigenvalue weighted by Gasteiger charge is -2.20. The number of ether oxygens (including phenoxy) is 1. The van der Waals surface area contributed by atoms with Gasteiger partial charge in [0.05, 0.1) is 18.4 Å². The average molecular weight is 297 g/mol. The number of nitrogen functional groups attached to an aromatic ring is 1. The fraction of sp³-hybridized carbons (Fsp3) is 0.462. The molecule has 0 aromatic heterocycles. The van der Waals surface area contributed by atoms with Crippen molar-refractivity contribution in [2.24, 2.45) is 0 Å². The monoisotopic (exact) mass is 297 g/mol. The number of nitrogens with two attached hydrogens (primary N) is 1. The fourth-order valence-electron chi connectivity index (χ4n) is 1.74. The summed E-state index contributed by atoms with van der Waals surface area (Å²) in [6, 6.07) is 8.72. The van der Waals surface area contributed by atoms with Gasteiger partial charge in [0, 0.05) is 32.3 Å². The molecule has 0 aliphatic rings. The van der Waals surface area contributed by atoms with E-state index in [2.05, 4.69) is 0 Å². The molecule has 6 nitrogen and oxygen atoms in total. The van der Waals surface area contributed by atoms with Crippen LogP contribution in [0.1, 0.15) is 12.0 Å². The SMILES string of the molecule is COCCN(CCC#N)S(=O)(=O)Cc1cccc(N)c1. The van der Waals surface area contributed by atoms with Crippen LogP contribution in [-0.4, -0.2) is 39.5 Å². The van der Waals surface area contributed by atoms with Crippen molar-refractivity contribution < 1.29 is 13.2 Å². The van der Waals surface area contributed by atoms with E-state index in [1.807, 2.05) is 6.07 Å². The van der Waals surface area contributed by atoms with Crippen molar-refractivity contribution in [1.29, 1.82) is 5.26 Å². The second kappa shape index (κ2) is 7.85. The lowest BCUT2D eigenvalue weighted by atomic mass is 10.2. The van der Waals surface area contributed by atoms with Crippen LogP contribution in [0.5, 0.6) is 0 Å². The maximum Gasteiger partial charge on any atom is 0.218 e. The molecule has 0 aliphatic heterocycles. The third-order valence-corrected chi connectivity index (χ3v) is 4.56. The van der Waals surface area contributed by atoms with Gasteiger partial charge in [-0.05, 0) is 17.7 Å². The molecule has 20 heavy (non-hydrogen) atoms. The molecule has 0 spiro atoms. The van der Waals surface area contributed by atoms with Crippen molar-refractivity contribution in [3.63, 3.8) is 0 Å². The Morgan fingerprint density at radius 2 is 2.15 bits per heavy atom. The predicted molar refractivity (Wildman–Crippen MR) is 77.2 cm³/mol. The highest BCUT2D eigenvalue weighted by molar-refractivity contribution is 7.88. The molecule has 0 heterocycles. The first-order valence-corrected chi connectivity index (χ1v) is 7.78. The molecule has 110 valence electrons. The predicted octanol–water partition coefficient (Wildman–Crippen LogP) is 0.961. The van der Waals surface area contributed by atoms with Gasteiger partial charge in [-0.25, -0.2) is 8.42 Å². The summed E-state index contributed by atoms with van der Waals surface area (Å²) in [5, 5.41) is 8.61. The van der Waals surface area contributed by atoms with Crippen LogP contribution in [-0.2, 0) is 20.5 Å². The van der Waals surface area contributed by atoms with Gasteiger partial charge in [-0.1, -0.05) is 12.1 Å². The van der Waals surface area contributed by atoms with E-state index in [0.29, 0.717) is 17.9 Å². The van der Waals surface area contributed by atoms with Crippen LogP contribution in [0.2, 0.25) is 0 Å². The van der Waals surface area contributed by atoms with Gasteiger partial charge in [0.1, 0.15) is 0 Å². The molecule has 7 heteroatoms. The second-order valence-electron chi connectivity index (χ2n) is 4.30. The van der Waals surface area contributed by atoms with Crippen LogP contribution >= 0.6 is 0 Å². The van der Waals surface area contributed by atoms with Crippen LogP contribution in [0.4, 0.5) is 5.69 Å². The van der Waals surface area contributed by atoms with Gasteiger partial charge in [0.2, 0.25) is 10.0 Å². The van der Waals surface area contributed by atoms with Gasteiger partial charge in [0.15, 0.2) is 0 Å². The Balaban J connectivity index is 2.83. The zero-order valence-electron chi connectivity index (χ0n) is 11.4. The van der Waals surface area contributed by atoms with Gasteiger partial charge in [-0.3, -0.25) is 0 Å². The summed E-state index contributed by atoms with van der Waals surface area (Å²) >= 11 is 0. The maximum atomic E-state index is 12.3. The van der Waals surface area contributed by atoms with E-state index in [-0.39, 0.29) is 25.3 Å². The Kier molecular flexibility index (Phi) is 6.45. The molecule has 0 saturated carbocycles. The van der Waals surface area contributed by atoms with Gasteiger partial charge in [0.25, 0.3) is 0 Å². The standard InChI is InChI=1S/C13H19N3O3S/c1-19-9-8-16(7-3-6-14)20(17,18)11-12-4-2-5-13(15)10-12/h2,4-5,10H,3,7-9,11,15H2,1H3. The van der Waals surface area contributed by atoms with Crippen molar-refractivity contribution in [2.45, 2.75) is 12.2 Å². The maximum absolute atomic E-state index is 12.3. The summed E-state index contributed by atoms with van der Waals surface area (Å²) in [4.78, 5) is 0. The van der Waals surface area contributed by atoms with E-state index in [0.717, 1.165) is 0 Å². The lowest BCUT2D eigenvalue weighted by Crippen LogP contribution is -2.35. The Morgan fingerprint density at radius 3 is 2.75 bits per heavy atom. The molecule has 1 rings (SSSR count). The zero-order chi connectivity index (χ0) is 15.0. The molecule has 0 radical (unpaired) electrons. The summed E-state index contributed by atoms with van der Waals surface area (Å²) in [7, 11) is -1.98. The minimum absolute atomic E-state index is 0.132. The molecule has 0 amide bonds. The van der Waals surface area contributed by atoms with Crippen LogP contribution in [0.3, 0.4) is 0 Å². The summed E-state index contributed by atoms with van der Waals surface area (Å²) in [5.74, 6) is -0.132. The van der Waals surface area contributed by atoms with Gasteiger partial charge in [-0.2, -0.15) is 9.57 Å². The summed E-state index contributed by atoms with van der Waals surface area (Å²) in [6.45, 7) is 0.703. The molecule has 0 fully saturated rings. The number of hydrogen-bond donors (Lipinski definition) is 1. The Morgan fingerprint density at radius 1 is 1.40 bits per heavy atom. The third kappa shape index (κ3) is 5.17. The average Bonchev–Trinajstić information content (AvgIpc) is 2.38. The van der Waals surface area contributed by atoms with Crippen molar-refractivity contribution in [3.8, 4) is 6.07 Å². The summed E-state index contributed by atoms with van der Waals surface area (Å²) in [5.41, 5.74) is 6.80. The van der Waals surface area contributed by atoms with Gasteiger partial charge in [-0.15, -0.1) is 0 Å². The number of sulfonamides is 1. The van der Waals surface area contributed by atoms with E-state index in [4.69, 9.17) is 15.7 Å². The number of anilines is 1. The van der Waals surface area contributed by atoms with Crippen LogP contribution < -0.4 is 5.73 Å². The van der Waals surface area contributed by atoms with Crippen molar-refractivity contribution in [1.82, 2.24) is 4.31 Å². The molecular formula is C13H19N3O3S. The summed E-state index contributed by atoms with van der Waals surface area (Å²) < 4.78 is 30.9. The highest BCUT2D eigenvalue weighted by atomic mass is 32.2. The second-order valence-corrected chi connectivity index (χ2v) is 6.27. The van der Waals surface area contributed by atoms with Gasteiger partial charge < -0.3 is 10.5 Å². The van der Waals surface area contributed by atoms with E-state index in [1.165, 1.54) is 11.4 Å². The van der Waals surface area contributed by atoms with E-state index >= 15 is 0 Å². The minimum Gasteiger partial charge on any atom is -0.399 e. The normalized spacial score (nSPS) is 11.4. The first kappa shape index (κ1) is 16.4. The Hall–Kier alpha value is -1.62. The number of nitrogens with zero attached hydrogens (tertiary/aromatic N) is 2. The van der Waals surface area contributed by atoms with Crippen molar-refractivity contribution >= 4 is 15.7 Å². The molecule has 0 aliphatic carbocycles. The fourth-order valence-corrected chi connectivity index (χ4v) is 3.25. The smallest absolute Gasteiger partial charge is 0.218 e. The van der Waals surface area contributed by atoms with Crippen LogP contribution in [0.25, 0.3) is 0 Å². The van der Waals surface area contributed by atoms with Crippen LogP contribution in [0, 0.1) is 11.3 Å². The molecule has 1 aromatic rings. The number of methoxy groups -OCH3 is 1. The molecule has 1 aromatic carbocycles. The molecule has 0 saturated heterocycles. The topological polar surface area (TPSA) is 96.4 Å². The van der Waals surface area contributed by atoms with Crippen LogP contribution in [0.15, 0.2) is 24.3 Å². The molecule has 0 bridgehead atoms. The largest absolute Gasteiger partial charge is 0.399 e. The van der Waals surface area contributed by atoms with Crippen molar-refractivity contribution in [3.05, 3.63) is 29.8 Å². The number of hydrogen-bond acceptors (Lipinski definition) is 5. The summed E-state index contributed by atoms with van der Waals surface area (Å²) in [6.07, 6.45) is 0.153. The molecule has 0 atom stereocenters. The third-order valence-electron chi connectivity index (χ3n) is 2.71. The molecular weight excluding hydrogens is 278 g/mol. The highest BCUT2D eigenvalue weighted by Gasteiger charge is 2.22. The lowest BCUT2D eigenvalue weighted by molar-refractivity contribution is 0.179. The Bertz CT molecular complexity index is 566. The first-order chi connectivity index (χ1) is 9.49. The molecule has 2 N–H and O–H groups in total. The van der Waals surface area contributed by atoms with Crippen molar-refractivity contribution in [2.75, 3.05) is 32.5 Å².